The van der Waals surface area contributed by atoms with Crippen LogP contribution in [0.1, 0.15) is 42.3 Å². The molecule has 2 aromatic carbocycles. The van der Waals surface area contributed by atoms with E-state index in [0.29, 0.717) is 6.42 Å². The SMILES string of the molecule is COc1ccccc1CC(=O)c1ccccc1C(C)(C)C. The van der Waals surface area contributed by atoms with Gasteiger partial charge in [-0.15, -0.1) is 0 Å². The van der Waals surface area contributed by atoms with E-state index in [2.05, 4.69) is 20.8 Å². The normalized spacial score (nSPS) is 11.2. The lowest BCUT2D eigenvalue weighted by Gasteiger charge is -2.22. The number of para-hydroxylation sites is 1. The van der Waals surface area contributed by atoms with E-state index in [-0.39, 0.29) is 11.2 Å². The summed E-state index contributed by atoms with van der Waals surface area (Å²) in [5, 5.41) is 0. The van der Waals surface area contributed by atoms with Crippen LogP contribution in [0, 0.1) is 0 Å². The smallest absolute Gasteiger partial charge is 0.167 e. The molecule has 0 saturated heterocycles. The summed E-state index contributed by atoms with van der Waals surface area (Å²) in [5.74, 6) is 0.893. The molecule has 0 aromatic heterocycles. The Kier molecular flexibility index (Phi) is 4.46. The Morgan fingerprint density at radius 3 is 2.29 bits per heavy atom. The molecule has 0 aliphatic carbocycles. The fraction of sp³-hybridized carbons (Fsp3) is 0.316. The predicted octanol–water partition coefficient (Wildman–Crippen LogP) is 4.42. The fourth-order valence-electron chi connectivity index (χ4n) is 2.50. The van der Waals surface area contributed by atoms with E-state index in [1.165, 1.54) is 0 Å². The van der Waals surface area contributed by atoms with Crippen LogP contribution in [0.15, 0.2) is 48.5 Å². The maximum absolute atomic E-state index is 12.7. The molecule has 2 rings (SSSR count). The maximum atomic E-state index is 12.7. The van der Waals surface area contributed by atoms with E-state index in [4.69, 9.17) is 4.74 Å². The highest BCUT2D eigenvalue weighted by atomic mass is 16.5. The van der Waals surface area contributed by atoms with Crippen molar-refractivity contribution in [1.82, 2.24) is 0 Å². The molecule has 0 fully saturated rings. The third-order valence-corrected chi connectivity index (χ3v) is 3.58. The van der Waals surface area contributed by atoms with Crippen molar-refractivity contribution in [3.8, 4) is 5.75 Å². The van der Waals surface area contributed by atoms with E-state index in [1.54, 1.807) is 7.11 Å². The van der Waals surface area contributed by atoms with Crippen LogP contribution < -0.4 is 4.74 Å². The van der Waals surface area contributed by atoms with Crippen molar-refractivity contribution in [1.29, 1.82) is 0 Å². The molecule has 0 N–H and O–H groups in total. The molecule has 0 radical (unpaired) electrons. The van der Waals surface area contributed by atoms with Gasteiger partial charge in [0.05, 0.1) is 7.11 Å². The average Bonchev–Trinajstić information content (AvgIpc) is 2.47. The van der Waals surface area contributed by atoms with E-state index in [1.807, 2.05) is 48.5 Å². The summed E-state index contributed by atoms with van der Waals surface area (Å²) in [6.45, 7) is 6.38. The molecule has 0 atom stereocenters. The summed E-state index contributed by atoms with van der Waals surface area (Å²) in [7, 11) is 1.63. The number of ether oxygens (including phenoxy) is 1. The van der Waals surface area contributed by atoms with Crippen LogP contribution in [-0.4, -0.2) is 12.9 Å². The number of hydrogen-bond acceptors (Lipinski definition) is 2. The highest BCUT2D eigenvalue weighted by Crippen LogP contribution is 2.27. The summed E-state index contributed by atoms with van der Waals surface area (Å²) >= 11 is 0. The molecule has 0 spiro atoms. The summed E-state index contributed by atoms with van der Waals surface area (Å²) < 4.78 is 5.33. The Hall–Kier alpha value is -2.09. The Balaban J connectivity index is 2.34. The number of carbonyl (C=O) groups is 1. The highest BCUT2D eigenvalue weighted by Gasteiger charge is 2.21. The zero-order valence-corrected chi connectivity index (χ0v) is 13.1. The second-order valence-corrected chi connectivity index (χ2v) is 6.21. The Morgan fingerprint density at radius 2 is 1.62 bits per heavy atom. The maximum Gasteiger partial charge on any atom is 0.167 e. The van der Waals surface area contributed by atoms with Crippen LogP contribution in [0.25, 0.3) is 0 Å². The number of Topliss-reactive ketones (excluding diaryl/α,β-unsaturated/α-hetero) is 1. The summed E-state index contributed by atoms with van der Waals surface area (Å²) in [4.78, 5) is 12.7. The predicted molar refractivity (Wildman–Crippen MR) is 86.2 cm³/mol. The molecule has 2 nitrogen and oxygen atoms in total. The Labute approximate surface area is 126 Å². The van der Waals surface area contributed by atoms with E-state index < -0.39 is 0 Å². The molecule has 0 aliphatic heterocycles. The monoisotopic (exact) mass is 282 g/mol. The lowest BCUT2D eigenvalue weighted by Crippen LogP contribution is -2.18. The van der Waals surface area contributed by atoms with Crippen LogP contribution >= 0.6 is 0 Å². The zero-order valence-electron chi connectivity index (χ0n) is 13.1. The second kappa shape index (κ2) is 6.13. The van der Waals surface area contributed by atoms with Crippen LogP contribution in [-0.2, 0) is 11.8 Å². The number of benzene rings is 2. The van der Waals surface area contributed by atoms with Gasteiger partial charge in [-0.2, -0.15) is 0 Å². The molecule has 0 bridgehead atoms. The van der Waals surface area contributed by atoms with Gasteiger partial charge in [-0.05, 0) is 17.0 Å². The standard InChI is InChI=1S/C19H22O2/c1-19(2,3)16-11-7-6-10-15(16)17(20)13-14-9-5-8-12-18(14)21-4/h5-12H,13H2,1-4H3. The van der Waals surface area contributed by atoms with Crippen molar-refractivity contribution in [3.05, 3.63) is 65.2 Å². The molecule has 0 unspecified atom stereocenters. The zero-order chi connectivity index (χ0) is 15.5. The summed E-state index contributed by atoms with van der Waals surface area (Å²) in [6, 6.07) is 15.5. The molecular weight excluding hydrogens is 260 g/mol. The van der Waals surface area contributed by atoms with Crippen molar-refractivity contribution in [2.75, 3.05) is 7.11 Å². The molecule has 0 amide bonds. The van der Waals surface area contributed by atoms with Gasteiger partial charge in [0.15, 0.2) is 5.78 Å². The van der Waals surface area contributed by atoms with Gasteiger partial charge in [-0.3, -0.25) is 4.79 Å². The second-order valence-electron chi connectivity index (χ2n) is 6.21. The molecule has 0 heterocycles. The molecular formula is C19H22O2. The summed E-state index contributed by atoms with van der Waals surface area (Å²) in [6.07, 6.45) is 0.358. The first-order valence-electron chi connectivity index (χ1n) is 7.18. The van der Waals surface area contributed by atoms with Crippen LogP contribution in [0.2, 0.25) is 0 Å². The van der Waals surface area contributed by atoms with Crippen LogP contribution in [0.3, 0.4) is 0 Å². The van der Waals surface area contributed by atoms with E-state index in [9.17, 15) is 4.79 Å². The van der Waals surface area contributed by atoms with Crippen molar-refractivity contribution in [3.63, 3.8) is 0 Å². The highest BCUT2D eigenvalue weighted by molar-refractivity contribution is 5.99. The van der Waals surface area contributed by atoms with Crippen LogP contribution in [0.5, 0.6) is 5.75 Å². The van der Waals surface area contributed by atoms with Crippen molar-refractivity contribution in [2.24, 2.45) is 0 Å². The van der Waals surface area contributed by atoms with Gasteiger partial charge < -0.3 is 4.74 Å². The Bertz CT molecular complexity index is 636. The van der Waals surface area contributed by atoms with E-state index in [0.717, 1.165) is 22.4 Å². The summed E-state index contributed by atoms with van der Waals surface area (Å²) in [5.41, 5.74) is 2.77. The Morgan fingerprint density at radius 1 is 1.00 bits per heavy atom. The number of ketones is 1. The largest absolute Gasteiger partial charge is 0.496 e. The quantitative estimate of drug-likeness (QED) is 0.776. The van der Waals surface area contributed by atoms with Gasteiger partial charge in [-0.25, -0.2) is 0 Å². The molecule has 110 valence electrons. The van der Waals surface area contributed by atoms with Gasteiger partial charge >= 0.3 is 0 Å². The van der Waals surface area contributed by atoms with Gasteiger partial charge in [0.25, 0.3) is 0 Å². The molecule has 21 heavy (non-hydrogen) atoms. The topological polar surface area (TPSA) is 26.3 Å². The van der Waals surface area contributed by atoms with Gasteiger partial charge in [-0.1, -0.05) is 63.2 Å². The number of methoxy groups -OCH3 is 1. The number of carbonyl (C=O) groups excluding carboxylic acids is 1. The van der Waals surface area contributed by atoms with Gasteiger partial charge in [0, 0.05) is 17.5 Å². The third kappa shape index (κ3) is 3.52. The van der Waals surface area contributed by atoms with Crippen molar-refractivity contribution >= 4 is 5.78 Å². The first-order valence-corrected chi connectivity index (χ1v) is 7.18. The molecule has 0 saturated carbocycles. The number of rotatable bonds is 4. The minimum absolute atomic E-state index is 0.0486. The molecule has 0 aliphatic rings. The van der Waals surface area contributed by atoms with Crippen LogP contribution in [0.4, 0.5) is 0 Å². The lowest BCUT2D eigenvalue weighted by molar-refractivity contribution is 0.0990. The fourth-order valence-corrected chi connectivity index (χ4v) is 2.50. The molecule has 2 aromatic rings. The third-order valence-electron chi connectivity index (χ3n) is 3.58. The average molecular weight is 282 g/mol. The number of hydrogen-bond donors (Lipinski definition) is 0. The first kappa shape index (κ1) is 15.3. The van der Waals surface area contributed by atoms with Crippen molar-refractivity contribution < 1.29 is 9.53 Å². The molecule has 2 heteroatoms. The lowest BCUT2D eigenvalue weighted by atomic mass is 9.82. The van der Waals surface area contributed by atoms with Gasteiger partial charge in [0.1, 0.15) is 5.75 Å². The van der Waals surface area contributed by atoms with Gasteiger partial charge in [0.2, 0.25) is 0 Å². The minimum atomic E-state index is -0.0486. The minimum Gasteiger partial charge on any atom is -0.496 e. The van der Waals surface area contributed by atoms with Crippen molar-refractivity contribution in [2.45, 2.75) is 32.6 Å². The van der Waals surface area contributed by atoms with E-state index >= 15 is 0 Å². The first-order chi connectivity index (χ1) is 9.93.